The molecule has 1 amide bonds. The molecule has 0 radical (unpaired) electrons. The number of anilines is 2. The average molecular weight is 375 g/mol. The first-order valence-corrected chi connectivity index (χ1v) is 8.95. The van der Waals surface area contributed by atoms with Gasteiger partial charge < -0.3 is 9.84 Å². The summed E-state index contributed by atoms with van der Waals surface area (Å²) in [5.41, 5.74) is 0.351. The number of carbonyl (C=O) groups excluding carboxylic acids is 1. The monoisotopic (exact) mass is 375 g/mol. The molecule has 1 heterocycles. The number of benzene rings is 2. The van der Waals surface area contributed by atoms with E-state index in [1.807, 2.05) is 0 Å². The van der Waals surface area contributed by atoms with Gasteiger partial charge in [0.2, 0.25) is 0 Å². The van der Waals surface area contributed by atoms with Crippen LogP contribution >= 0.6 is 0 Å². The molecular formula is C17H14FN3O4S. The predicted molar refractivity (Wildman–Crippen MR) is 92.8 cm³/mol. The van der Waals surface area contributed by atoms with Crippen molar-refractivity contribution in [2.24, 2.45) is 0 Å². The number of hydrogen-bond acceptors (Lipinski definition) is 5. The minimum Gasteiger partial charge on any atom is -0.360 e. The lowest BCUT2D eigenvalue weighted by Crippen LogP contribution is -2.15. The molecule has 9 heteroatoms. The zero-order valence-electron chi connectivity index (χ0n) is 13.6. The molecule has 2 N–H and O–H groups in total. The molecular weight excluding hydrogens is 361 g/mol. The molecule has 0 saturated carbocycles. The molecule has 3 rings (SSSR count). The molecule has 3 aromatic rings. The molecule has 0 fully saturated rings. The van der Waals surface area contributed by atoms with Crippen LogP contribution in [0.5, 0.6) is 0 Å². The zero-order valence-corrected chi connectivity index (χ0v) is 14.4. The Kier molecular flexibility index (Phi) is 4.72. The number of nitrogens with zero attached hydrogens (tertiary/aromatic N) is 1. The van der Waals surface area contributed by atoms with Gasteiger partial charge in [-0.25, -0.2) is 12.8 Å². The molecule has 7 nitrogen and oxygen atoms in total. The summed E-state index contributed by atoms with van der Waals surface area (Å²) in [4.78, 5) is 12.1. The lowest BCUT2D eigenvalue weighted by Gasteiger charge is -2.09. The number of rotatable bonds is 5. The molecule has 0 saturated heterocycles. The van der Waals surface area contributed by atoms with Crippen LogP contribution in [0.3, 0.4) is 0 Å². The van der Waals surface area contributed by atoms with Gasteiger partial charge in [0.15, 0.2) is 5.82 Å². The average Bonchev–Trinajstić information content (AvgIpc) is 2.99. The maximum Gasteiger partial charge on any atom is 0.261 e. The van der Waals surface area contributed by atoms with E-state index in [1.54, 1.807) is 13.0 Å². The summed E-state index contributed by atoms with van der Waals surface area (Å²) in [6, 6.07) is 12.0. The summed E-state index contributed by atoms with van der Waals surface area (Å²) < 4.78 is 45.0. The maximum absolute atomic E-state index is 13.2. The molecule has 0 aliphatic carbocycles. The fraction of sp³-hybridized carbons (Fsp3) is 0.0588. The van der Waals surface area contributed by atoms with Gasteiger partial charge in [-0.1, -0.05) is 11.2 Å². The van der Waals surface area contributed by atoms with Gasteiger partial charge >= 0.3 is 0 Å². The first kappa shape index (κ1) is 17.6. The van der Waals surface area contributed by atoms with Crippen LogP contribution < -0.4 is 10.0 Å². The zero-order chi connectivity index (χ0) is 18.7. The maximum atomic E-state index is 13.2. The highest BCUT2D eigenvalue weighted by atomic mass is 32.2. The third kappa shape index (κ3) is 4.06. The van der Waals surface area contributed by atoms with Crippen LogP contribution in [0.25, 0.3) is 0 Å². The van der Waals surface area contributed by atoms with Gasteiger partial charge in [-0.3, -0.25) is 9.52 Å². The molecule has 0 aliphatic heterocycles. The van der Waals surface area contributed by atoms with Crippen molar-refractivity contribution in [3.05, 3.63) is 71.7 Å². The molecule has 134 valence electrons. The Bertz CT molecular complexity index is 1050. The van der Waals surface area contributed by atoms with E-state index < -0.39 is 21.7 Å². The predicted octanol–water partition coefficient (Wildman–Crippen LogP) is 3.18. The van der Waals surface area contributed by atoms with Gasteiger partial charge in [0.05, 0.1) is 10.6 Å². The number of amides is 1. The summed E-state index contributed by atoms with van der Waals surface area (Å²) in [5.74, 6) is -0.206. The number of carbonyl (C=O) groups is 1. The molecule has 0 aliphatic rings. The molecule has 0 unspecified atom stereocenters. The first-order chi connectivity index (χ1) is 12.3. The van der Waals surface area contributed by atoms with E-state index in [9.17, 15) is 17.6 Å². The van der Waals surface area contributed by atoms with Crippen molar-refractivity contribution in [2.45, 2.75) is 11.8 Å². The number of halogens is 1. The van der Waals surface area contributed by atoms with Crippen LogP contribution in [0.4, 0.5) is 15.9 Å². The van der Waals surface area contributed by atoms with Crippen LogP contribution in [0.1, 0.15) is 16.1 Å². The van der Waals surface area contributed by atoms with Crippen LogP contribution in [0.15, 0.2) is 64.0 Å². The van der Waals surface area contributed by atoms with Crippen LogP contribution in [0, 0.1) is 12.7 Å². The number of sulfonamides is 1. The second-order valence-electron chi connectivity index (χ2n) is 5.42. The van der Waals surface area contributed by atoms with E-state index in [2.05, 4.69) is 15.2 Å². The highest BCUT2D eigenvalue weighted by molar-refractivity contribution is 7.92. The lowest BCUT2D eigenvalue weighted by molar-refractivity contribution is 0.102. The molecule has 1 aromatic heterocycles. The number of aryl methyl sites for hydroxylation is 1. The largest absolute Gasteiger partial charge is 0.360 e. The fourth-order valence-electron chi connectivity index (χ4n) is 2.17. The van der Waals surface area contributed by atoms with E-state index in [0.717, 1.165) is 6.07 Å². The van der Waals surface area contributed by atoms with Gasteiger partial charge in [-0.05, 0) is 49.4 Å². The van der Waals surface area contributed by atoms with Gasteiger partial charge in [0.1, 0.15) is 11.6 Å². The molecule has 26 heavy (non-hydrogen) atoms. The second-order valence-corrected chi connectivity index (χ2v) is 7.10. The van der Waals surface area contributed by atoms with E-state index >= 15 is 0 Å². The summed E-state index contributed by atoms with van der Waals surface area (Å²) >= 11 is 0. The SMILES string of the molecule is Cc1cc(NC(=O)c2ccc(S(=O)(=O)Nc3cccc(F)c3)cc2)no1. The van der Waals surface area contributed by atoms with E-state index in [-0.39, 0.29) is 22.0 Å². The van der Waals surface area contributed by atoms with Gasteiger partial charge in [0.25, 0.3) is 15.9 Å². The Morgan fingerprint density at radius 2 is 1.85 bits per heavy atom. The topological polar surface area (TPSA) is 101 Å². The van der Waals surface area contributed by atoms with E-state index in [4.69, 9.17) is 4.52 Å². The molecule has 0 bridgehead atoms. The molecule has 0 atom stereocenters. The Morgan fingerprint density at radius 1 is 1.12 bits per heavy atom. The summed E-state index contributed by atoms with van der Waals surface area (Å²) in [7, 11) is -3.90. The van der Waals surface area contributed by atoms with Crippen LogP contribution in [-0.2, 0) is 10.0 Å². The van der Waals surface area contributed by atoms with Crippen LogP contribution in [0.2, 0.25) is 0 Å². The van der Waals surface area contributed by atoms with Gasteiger partial charge in [-0.15, -0.1) is 0 Å². The quantitative estimate of drug-likeness (QED) is 0.713. The van der Waals surface area contributed by atoms with Crippen molar-refractivity contribution >= 4 is 27.4 Å². The minimum atomic E-state index is -3.90. The van der Waals surface area contributed by atoms with Crippen LogP contribution in [-0.4, -0.2) is 19.5 Å². The Morgan fingerprint density at radius 3 is 2.46 bits per heavy atom. The second kappa shape index (κ2) is 6.96. The van der Waals surface area contributed by atoms with Gasteiger partial charge in [0, 0.05) is 11.6 Å². The standard InChI is InChI=1S/C17H14FN3O4S/c1-11-9-16(20-25-11)19-17(22)12-5-7-15(8-6-12)26(23,24)21-14-4-2-3-13(18)10-14/h2-10,21H,1H3,(H,19,20,22). The fourth-order valence-corrected chi connectivity index (χ4v) is 3.21. The third-order valence-corrected chi connectivity index (χ3v) is 4.77. The summed E-state index contributed by atoms with van der Waals surface area (Å²) in [6.07, 6.45) is 0. The molecule has 2 aromatic carbocycles. The number of hydrogen-bond donors (Lipinski definition) is 2. The number of aromatic nitrogens is 1. The smallest absolute Gasteiger partial charge is 0.261 e. The normalized spacial score (nSPS) is 11.2. The Hall–Kier alpha value is -3.20. The minimum absolute atomic E-state index is 0.0596. The highest BCUT2D eigenvalue weighted by Gasteiger charge is 2.16. The summed E-state index contributed by atoms with van der Waals surface area (Å²) in [6.45, 7) is 1.69. The first-order valence-electron chi connectivity index (χ1n) is 7.47. The lowest BCUT2D eigenvalue weighted by atomic mass is 10.2. The summed E-state index contributed by atoms with van der Waals surface area (Å²) in [5, 5.41) is 6.18. The highest BCUT2D eigenvalue weighted by Crippen LogP contribution is 2.18. The van der Waals surface area contributed by atoms with E-state index in [1.165, 1.54) is 42.5 Å². The van der Waals surface area contributed by atoms with Crippen molar-refractivity contribution < 1.29 is 22.1 Å². The Balaban J connectivity index is 1.74. The van der Waals surface area contributed by atoms with Crippen molar-refractivity contribution in [3.63, 3.8) is 0 Å². The van der Waals surface area contributed by atoms with Crippen molar-refractivity contribution in [3.8, 4) is 0 Å². The van der Waals surface area contributed by atoms with Crippen molar-refractivity contribution in [1.82, 2.24) is 5.16 Å². The number of nitrogens with one attached hydrogen (secondary N) is 2. The molecule has 0 spiro atoms. The van der Waals surface area contributed by atoms with Crippen molar-refractivity contribution in [1.29, 1.82) is 0 Å². The Labute approximate surface area is 148 Å². The van der Waals surface area contributed by atoms with E-state index in [0.29, 0.717) is 5.76 Å². The van der Waals surface area contributed by atoms with Gasteiger partial charge in [-0.2, -0.15) is 0 Å². The van der Waals surface area contributed by atoms with Crippen molar-refractivity contribution in [2.75, 3.05) is 10.0 Å². The third-order valence-electron chi connectivity index (χ3n) is 3.37.